The molecule has 2 heterocycles. The van der Waals surface area contributed by atoms with Crippen LogP contribution in [0.5, 0.6) is 17.2 Å². The Balaban J connectivity index is 1.74. The summed E-state index contributed by atoms with van der Waals surface area (Å²) < 4.78 is 16.2. The third-order valence-electron chi connectivity index (χ3n) is 4.13. The van der Waals surface area contributed by atoms with E-state index in [1.165, 1.54) is 16.7 Å². The highest BCUT2D eigenvalue weighted by Crippen LogP contribution is 2.37. The van der Waals surface area contributed by atoms with Gasteiger partial charge in [0.2, 0.25) is 6.79 Å². The second-order valence-electron chi connectivity index (χ2n) is 5.31. The van der Waals surface area contributed by atoms with Crippen molar-refractivity contribution < 1.29 is 14.2 Å². The van der Waals surface area contributed by atoms with Crippen molar-refractivity contribution in [2.45, 2.75) is 12.5 Å². The maximum Gasteiger partial charge on any atom is 0.231 e. The first-order valence-corrected chi connectivity index (χ1v) is 7.15. The van der Waals surface area contributed by atoms with Gasteiger partial charge in [-0.25, -0.2) is 0 Å². The van der Waals surface area contributed by atoms with Crippen molar-refractivity contribution in [2.75, 3.05) is 20.4 Å². The van der Waals surface area contributed by atoms with Gasteiger partial charge in [-0.05, 0) is 47.4 Å². The van der Waals surface area contributed by atoms with Crippen LogP contribution in [0.2, 0.25) is 0 Å². The molecule has 2 aliphatic heterocycles. The Kier molecular flexibility index (Phi) is 2.97. The lowest BCUT2D eigenvalue weighted by Crippen LogP contribution is -2.30. The van der Waals surface area contributed by atoms with Crippen LogP contribution in [-0.2, 0) is 6.42 Å². The van der Waals surface area contributed by atoms with Gasteiger partial charge in [0.15, 0.2) is 11.5 Å². The third-order valence-corrected chi connectivity index (χ3v) is 4.13. The van der Waals surface area contributed by atoms with Gasteiger partial charge in [-0.2, -0.15) is 0 Å². The van der Waals surface area contributed by atoms with Crippen molar-refractivity contribution in [1.29, 1.82) is 0 Å². The number of benzene rings is 2. The third kappa shape index (κ3) is 2.12. The molecule has 0 saturated carbocycles. The van der Waals surface area contributed by atoms with Crippen LogP contribution in [0.25, 0.3) is 0 Å². The summed E-state index contributed by atoms with van der Waals surface area (Å²) in [6.45, 7) is 1.27. The fraction of sp³-hybridized carbons (Fsp3) is 0.294. The van der Waals surface area contributed by atoms with Gasteiger partial charge < -0.3 is 19.5 Å². The topological polar surface area (TPSA) is 39.7 Å². The lowest BCUT2D eigenvalue weighted by molar-refractivity contribution is 0.174. The van der Waals surface area contributed by atoms with Crippen molar-refractivity contribution in [3.05, 3.63) is 53.1 Å². The molecular formula is C17H17NO3. The molecule has 1 unspecified atom stereocenters. The lowest BCUT2D eigenvalue weighted by atomic mass is 9.89. The summed E-state index contributed by atoms with van der Waals surface area (Å²) in [5.74, 6) is 2.57. The van der Waals surface area contributed by atoms with E-state index >= 15 is 0 Å². The highest BCUT2D eigenvalue weighted by Gasteiger charge is 2.24. The summed E-state index contributed by atoms with van der Waals surface area (Å²) in [5.41, 5.74) is 3.85. The zero-order valence-electron chi connectivity index (χ0n) is 11.9. The van der Waals surface area contributed by atoms with E-state index in [0.29, 0.717) is 6.79 Å². The molecule has 2 aromatic carbocycles. The molecule has 0 aromatic heterocycles. The predicted octanol–water partition coefficient (Wildman–Crippen LogP) is 2.66. The average molecular weight is 283 g/mol. The number of rotatable bonds is 2. The molecule has 4 rings (SSSR count). The van der Waals surface area contributed by atoms with Crippen LogP contribution in [0.3, 0.4) is 0 Å². The standard InChI is InChI=1S/C17H17NO3/c1-19-13-3-4-14-11(8-13)6-7-18-17(14)12-2-5-15-16(9-12)21-10-20-15/h2-5,8-9,17-18H,6-7,10H2,1H3. The second kappa shape index (κ2) is 4.97. The Labute approximate surface area is 123 Å². The van der Waals surface area contributed by atoms with E-state index in [2.05, 4.69) is 29.6 Å². The molecule has 4 nitrogen and oxygen atoms in total. The van der Waals surface area contributed by atoms with Crippen LogP contribution < -0.4 is 19.5 Å². The number of hydrogen-bond acceptors (Lipinski definition) is 4. The van der Waals surface area contributed by atoms with Gasteiger partial charge in [-0.15, -0.1) is 0 Å². The summed E-state index contributed by atoms with van der Waals surface area (Å²) >= 11 is 0. The quantitative estimate of drug-likeness (QED) is 0.920. The molecule has 2 aliphatic rings. The molecule has 0 amide bonds. The second-order valence-corrected chi connectivity index (χ2v) is 5.31. The summed E-state index contributed by atoms with van der Waals surface area (Å²) in [7, 11) is 1.71. The van der Waals surface area contributed by atoms with Crippen molar-refractivity contribution in [1.82, 2.24) is 5.32 Å². The van der Waals surface area contributed by atoms with Crippen LogP contribution in [0.15, 0.2) is 36.4 Å². The van der Waals surface area contributed by atoms with Crippen LogP contribution in [0.4, 0.5) is 0 Å². The van der Waals surface area contributed by atoms with Gasteiger partial charge in [0.05, 0.1) is 13.2 Å². The first-order chi connectivity index (χ1) is 10.3. The summed E-state index contributed by atoms with van der Waals surface area (Å²) in [4.78, 5) is 0. The molecule has 0 saturated heterocycles. The van der Waals surface area contributed by atoms with Crippen molar-refractivity contribution in [3.63, 3.8) is 0 Å². The smallest absolute Gasteiger partial charge is 0.231 e. The largest absolute Gasteiger partial charge is 0.497 e. The first kappa shape index (κ1) is 12.5. The average Bonchev–Trinajstić information content (AvgIpc) is 3.01. The maximum atomic E-state index is 5.48. The van der Waals surface area contributed by atoms with E-state index in [4.69, 9.17) is 14.2 Å². The number of nitrogens with one attached hydrogen (secondary N) is 1. The molecule has 0 aliphatic carbocycles. The molecule has 0 bridgehead atoms. The minimum atomic E-state index is 0.189. The number of hydrogen-bond donors (Lipinski definition) is 1. The highest BCUT2D eigenvalue weighted by molar-refractivity contribution is 5.49. The van der Waals surface area contributed by atoms with E-state index < -0.39 is 0 Å². The van der Waals surface area contributed by atoms with E-state index in [1.807, 2.05) is 12.1 Å². The summed E-state index contributed by atoms with van der Waals surface area (Å²) in [6, 6.07) is 12.6. The number of ether oxygens (including phenoxy) is 3. The van der Waals surface area contributed by atoms with Gasteiger partial charge in [0, 0.05) is 6.54 Å². The minimum absolute atomic E-state index is 0.189. The fourth-order valence-corrected chi connectivity index (χ4v) is 3.06. The molecule has 0 fully saturated rings. The minimum Gasteiger partial charge on any atom is -0.497 e. The fourth-order valence-electron chi connectivity index (χ4n) is 3.06. The molecule has 1 N–H and O–H groups in total. The van der Waals surface area contributed by atoms with Crippen LogP contribution in [0.1, 0.15) is 22.7 Å². The summed E-state index contributed by atoms with van der Waals surface area (Å²) in [5, 5.41) is 3.58. The van der Waals surface area contributed by atoms with Crippen LogP contribution >= 0.6 is 0 Å². The molecule has 108 valence electrons. The zero-order chi connectivity index (χ0) is 14.2. The Morgan fingerprint density at radius 1 is 1.10 bits per heavy atom. The predicted molar refractivity (Wildman–Crippen MR) is 79.1 cm³/mol. The number of methoxy groups -OCH3 is 1. The normalized spacial score (nSPS) is 19.2. The molecule has 0 spiro atoms. The molecule has 21 heavy (non-hydrogen) atoms. The number of fused-ring (bicyclic) bond motifs is 2. The van der Waals surface area contributed by atoms with Gasteiger partial charge in [-0.1, -0.05) is 12.1 Å². The van der Waals surface area contributed by atoms with Gasteiger partial charge in [-0.3, -0.25) is 0 Å². The summed E-state index contributed by atoms with van der Waals surface area (Å²) in [6.07, 6.45) is 1.02. The van der Waals surface area contributed by atoms with Crippen LogP contribution in [-0.4, -0.2) is 20.4 Å². The van der Waals surface area contributed by atoms with Crippen molar-refractivity contribution in [3.8, 4) is 17.2 Å². The van der Waals surface area contributed by atoms with E-state index in [0.717, 1.165) is 30.2 Å². The first-order valence-electron chi connectivity index (χ1n) is 7.15. The van der Waals surface area contributed by atoms with Crippen LogP contribution in [0, 0.1) is 0 Å². The molecule has 1 atom stereocenters. The molecule has 0 radical (unpaired) electrons. The Morgan fingerprint density at radius 3 is 2.90 bits per heavy atom. The van der Waals surface area contributed by atoms with Gasteiger partial charge in [0.25, 0.3) is 0 Å². The van der Waals surface area contributed by atoms with E-state index in [-0.39, 0.29) is 6.04 Å². The van der Waals surface area contributed by atoms with Crippen molar-refractivity contribution in [2.24, 2.45) is 0 Å². The van der Waals surface area contributed by atoms with E-state index in [9.17, 15) is 0 Å². The van der Waals surface area contributed by atoms with Gasteiger partial charge >= 0.3 is 0 Å². The van der Waals surface area contributed by atoms with E-state index in [1.54, 1.807) is 7.11 Å². The lowest BCUT2D eigenvalue weighted by Gasteiger charge is -2.28. The van der Waals surface area contributed by atoms with Crippen molar-refractivity contribution >= 4 is 0 Å². The van der Waals surface area contributed by atoms with Gasteiger partial charge in [0.1, 0.15) is 5.75 Å². The molecular weight excluding hydrogens is 266 g/mol. The molecule has 4 heteroatoms. The Morgan fingerprint density at radius 2 is 2.00 bits per heavy atom. The maximum absolute atomic E-state index is 5.48. The zero-order valence-corrected chi connectivity index (χ0v) is 11.9. The Bertz CT molecular complexity index is 684. The highest BCUT2D eigenvalue weighted by atomic mass is 16.7. The Hall–Kier alpha value is -2.20. The molecule has 2 aromatic rings. The monoisotopic (exact) mass is 283 g/mol. The SMILES string of the molecule is COc1ccc2c(c1)CCNC2c1ccc2c(c1)OCO2.